The van der Waals surface area contributed by atoms with Crippen LogP contribution >= 0.6 is 0 Å². The van der Waals surface area contributed by atoms with Crippen LogP contribution in [-0.2, 0) is 4.84 Å². The van der Waals surface area contributed by atoms with Crippen molar-refractivity contribution in [1.29, 1.82) is 5.41 Å². The van der Waals surface area contributed by atoms with Gasteiger partial charge >= 0.3 is 0 Å². The van der Waals surface area contributed by atoms with E-state index in [2.05, 4.69) is 16.2 Å². The zero-order valence-corrected chi connectivity index (χ0v) is 9.02. The zero-order valence-electron chi connectivity index (χ0n) is 4.86. The van der Waals surface area contributed by atoms with Crippen molar-refractivity contribution in [2.45, 2.75) is 13.8 Å². The molecule has 44 valence electrons. The van der Waals surface area contributed by atoms with Crippen LogP contribution in [-0.4, -0.2) is 12.1 Å². The second kappa shape index (κ2) is 7.19. The van der Waals surface area contributed by atoms with Gasteiger partial charge in [0.05, 0.1) is 0 Å². The molecule has 0 rings (SSSR count). The average molecular weight is 337 g/mol. The van der Waals surface area contributed by atoms with Gasteiger partial charge in [0.1, 0.15) is 0 Å². The van der Waals surface area contributed by atoms with Gasteiger partial charge in [0.25, 0.3) is 0 Å². The molecule has 0 aromatic carbocycles. The van der Waals surface area contributed by atoms with E-state index >= 15 is 0 Å². The summed E-state index contributed by atoms with van der Waals surface area (Å²) >= 11 is 0. The van der Waals surface area contributed by atoms with Crippen LogP contribution in [0.2, 0.25) is 0 Å². The van der Waals surface area contributed by atoms with Crippen molar-refractivity contribution in [3.05, 3.63) is 0 Å². The fourth-order valence-electron chi connectivity index (χ4n) is 0.114. The van der Waals surface area contributed by atoms with E-state index in [9.17, 15) is 0 Å². The van der Waals surface area contributed by atoms with Crippen LogP contribution in [0.4, 0.5) is 0 Å². The van der Waals surface area contributed by atoms with Crippen molar-refractivity contribution < 1.29 is 36.0 Å². The fourth-order valence-corrected chi connectivity index (χ4v) is 0.114. The van der Waals surface area contributed by atoms with E-state index in [1.54, 1.807) is 6.92 Å². The van der Waals surface area contributed by atoms with E-state index in [1.807, 2.05) is 0 Å². The van der Waals surface area contributed by atoms with Crippen LogP contribution in [0, 0.1) is 36.5 Å². The molecule has 0 amide bonds. The Morgan fingerprint density at radius 2 is 2.25 bits per heavy atom. The summed E-state index contributed by atoms with van der Waals surface area (Å²) in [5.41, 5.74) is 0. The van der Waals surface area contributed by atoms with E-state index in [-0.39, 0.29) is 37.0 Å². The molecule has 0 bridgehead atoms. The van der Waals surface area contributed by atoms with E-state index in [4.69, 9.17) is 5.41 Å². The van der Waals surface area contributed by atoms with Gasteiger partial charge in [-0.2, -0.15) is 6.92 Å². The smallest absolute Gasteiger partial charge is 0.210 e. The Morgan fingerprint density at radius 3 is 2.38 bits per heavy atom. The van der Waals surface area contributed by atoms with Gasteiger partial charge in [0.2, 0.25) is 5.90 Å². The first kappa shape index (κ1) is 11.1. The molecule has 0 radical (unpaired) electrons. The zero-order chi connectivity index (χ0) is 5.70. The number of rotatable bonds is 1. The predicted molar refractivity (Wildman–Crippen MR) is 27.6 cm³/mol. The largest absolute Gasteiger partial charge is 0.379 e. The molecule has 0 aromatic rings. The summed E-state index contributed by atoms with van der Waals surface area (Å²) in [5.74, 6) is 0.0781. The maximum atomic E-state index is 6.64. The van der Waals surface area contributed by atoms with Gasteiger partial charge in [-0.3, -0.25) is 5.41 Å². The first-order valence-corrected chi connectivity index (χ1v) is 1.86. The Morgan fingerprint density at radius 1 is 1.75 bits per heavy atom. The summed E-state index contributed by atoms with van der Waals surface area (Å²) in [4.78, 5) is 4.29. The number of nitrogens with one attached hydrogen (secondary N) is 1. The monoisotopic (exact) mass is 337 g/mol. The molecule has 0 saturated heterocycles. The maximum absolute atomic E-state index is 6.64. The molecule has 0 aromatic heterocycles. The third-order valence-corrected chi connectivity index (χ3v) is 0.274. The van der Waals surface area contributed by atoms with Crippen LogP contribution in [0.1, 0.15) is 13.8 Å². The second-order valence-corrected chi connectivity index (χ2v) is 0.962. The Balaban J connectivity index is 0. The first-order valence-electron chi connectivity index (χ1n) is 1.86. The Labute approximate surface area is 72.4 Å². The summed E-state index contributed by atoms with van der Waals surface area (Å²) in [6.07, 6.45) is 2.36. The minimum Gasteiger partial charge on any atom is -0.379 e. The van der Waals surface area contributed by atoms with Crippen molar-refractivity contribution in [3.63, 3.8) is 0 Å². The van der Waals surface area contributed by atoms with Crippen molar-refractivity contribution >= 4 is 12.1 Å². The molecule has 8 heavy (non-hydrogen) atoms. The summed E-state index contributed by atoms with van der Waals surface area (Å²) < 4.78 is 0. The van der Waals surface area contributed by atoms with Crippen molar-refractivity contribution in [2.75, 3.05) is 0 Å². The minimum absolute atomic E-state index is 0. The van der Waals surface area contributed by atoms with Gasteiger partial charge in [0.15, 0.2) is 0 Å². The minimum atomic E-state index is 0. The van der Waals surface area contributed by atoms with Crippen molar-refractivity contribution in [1.82, 2.24) is 0 Å². The normalized spacial score (nSPS) is 8.25. The molecule has 0 aliphatic carbocycles. The molecule has 1 N–H and O–H groups in total. The molecular formula is C4H7N2OU-. The Bertz CT molecular complexity index is 92.0. The molecular weight excluding hydrogens is 330 g/mol. The topological polar surface area (TPSA) is 45.4 Å². The van der Waals surface area contributed by atoms with Crippen LogP contribution in [0.5, 0.6) is 0 Å². The fraction of sp³-hybridized carbons (Fsp3) is 0.500. The van der Waals surface area contributed by atoms with Crippen LogP contribution in [0.3, 0.4) is 0 Å². The van der Waals surface area contributed by atoms with Crippen LogP contribution in [0.15, 0.2) is 5.16 Å². The number of hydrogen-bond acceptors (Lipinski definition) is 3. The molecule has 0 spiro atoms. The molecule has 0 atom stereocenters. The van der Waals surface area contributed by atoms with Gasteiger partial charge in [-0.05, 0) is 0 Å². The van der Waals surface area contributed by atoms with E-state index in [0.29, 0.717) is 0 Å². The summed E-state index contributed by atoms with van der Waals surface area (Å²) in [7, 11) is 0. The first-order chi connectivity index (χ1) is 3.27. The summed E-state index contributed by atoms with van der Waals surface area (Å²) in [6, 6.07) is 0. The van der Waals surface area contributed by atoms with Crippen molar-refractivity contribution in [3.8, 4) is 0 Å². The number of nitrogens with zero attached hydrogens (tertiary/aromatic N) is 1. The standard InChI is InChI=1S/C4H7N2O.U/c1-3-6-7-4(2)5;/h5H,1-2H3;/q-1;. The molecule has 0 aliphatic heterocycles. The molecule has 4 heteroatoms. The van der Waals surface area contributed by atoms with E-state index in [0.717, 1.165) is 0 Å². The summed E-state index contributed by atoms with van der Waals surface area (Å²) in [6.45, 7) is 3.10. The molecule has 0 fully saturated rings. The third kappa shape index (κ3) is 9.50. The Kier molecular flexibility index (Phi) is 9.94. The van der Waals surface area contributed by atoms with Gasteiger partial charge in [-0.15, -0.1) is 0 Å². The summed E-state index contributed by atoms with van der Waals surface area (Å²) in [5, 5.41) is 9.84. The quantitative estimate of drug-likeness (QED) is 0.328. The van der Waals surface area contributed by atoms with Gasteiger partial charge in [-0.1, -0.05) is 0 Å². The van der Waals surface area contributed by atoms with Gasteiger partial charge < -0.3 is 16.2 Å². The third-order valence-electron chi connectivity index (χ3n) is 0.274. The van der Waals surface area contributed by atoms with Gasteiger partial charge in [0, 0.05) is 38.0 Å². The average Bonchev–Trinajstić information content (AvgIpc) is 1.61. The van der Waals surface area contributed by atoms with Crippen LogP contribution in [0.25, 0.3) is 0 Å². The molecule has 0 unspecified atom stereocenters. The predicted octanol–water partition coefficient (Wildman–Crippen LogP) is 0.883. The van der Waals surface area contributed by atoms with Crippen LogP contribution < -0.4 is 0 Å². The Hall–Kier alpha value is 0.192. The molecule has 3 nitrogen and oxygen atoms in total. The molecule has 0 heterocycles. The second-order valence-electron chi connectivity index (χ2n) is 0.962. The molecule has 0 aliphatic rings. The van der Waals surface area contributed by atoms with Gasteiger partial charge in [-0.25, -0.2) is 0 Å². The SMILES string of the molecule is C[C-]=NOC(C)=N.[U]. The maximum Gasteiger partial charge on any atom is 0.210 e. The van der Waals surface area contributed by atoms with E-state index in [1.165, 1.54) is 6.92 Å². The molecule has 0 saturated carbocycles. The van der Waals surface area contributed by atoms with E-state index < -0.39 is 0 Å². The van der Waals surface area contributed by atoms with Crippen molar-refractivity contribution in [2.24, 2.45) is 5.16 Å². The number of hydrogen-bond donors (Lipinski definition) is 1.